The molecule has 3 nitrogen and oxygen atoms in total. The highest BCUT2D eigenvalue weighted by Gasteiger charge is 2.08. The van der Waals surface area contributed by atoms with Crippen molar-refractivity contribution in [1.29, 1.82) is 0 Å². The van der Waals surface area contributed by atoms with Crippen molar-refractivity contribution in [2.24, 2.45) is 0 Å². The summed E-state index contributed by atoms with van der Waals surface area (Å²) in [6.07, 6.45) is 0. The van der Waals surface area contributed by atoms with Crippen molar-refractivity contribution in [1.82, 2.24) is 0 Å². The van der Waals surface area contributed by atoms with Crippen LogP contribution in [0.3, 0.4) is 0 Å². The first kappa shape index (κ1) is 9.30. The molecule has 1 aromatic carbocycles. The molecule has 2 rings (SSSR count). The molecule has 0 atom stereocenters. The van der Waals surface area contributed by atoms with E-state index in [2.05, 4.69) is 0 Å². The largest absolute Gasteiger partial charge is 0.495 e. The Bertz CT molecular complexity index is 464. The number of aliphatic hydroxyl groups is 1. The third-order valence-electron chi connectivity index (χ3n) is 2.13. The van der Waals surface area contributed by atoms with Gasteiger partial charge in [-0.1, -0.05) is 0 Å². The molecule has 4 heteroatoms. The van der Waals surface area contributed by atoms with Crippen molar-refractivity contribution in [3.05, 3.63) is 23.1 Å². The van der Waals surface area contributed by atoms with Crippen LogP contribution in [0.5, 0.6) is 5.75 Å². The summed E-state index contributed by atoms with van der Waals surface area (Å²) in [5.41, 5.74) is 7.23. The molecule has 0 saturated carbocycles. The lowest BCUT2D eigenvalue weighted by Gasteiger charge is -2.02. The van der Waals surface area contributed by atoms with E-state index in [9.17, 15) is 0 Å². The van der Waals surface area contributed by atoms with Crippen LogP contribution < -0.4 is 10.5 Å². The Morgan fingerprint density at radius 3 is 2.93 bits per heavy atom. The third-order valence-corrected chi connectivity index (χ3v) is 3.18. The van der Waals surface area contributed by atoms with Crippen LogP contribution in [0.4, 0.5) is 5.69 Å². The number of hydrogen-bond acceptors (Lipinski definition) is 4. The SMILES string of the molecule is COc1csc2c(CO)cc(N)cc12. The van der Waals surface area contributed by atoms with E-state index in [0.29, 0.717) is 5.69 Å². The quantitative estimate of drug-likeness (QED) is 0.744. The zero-order chi connectivity index (χ0) is 10.1. The first-order chi connectivity index (χ1) is 6.76. The van der Waals surface area contributed by atoms with Crippen LogP contribution in [0.15, 0.2) is 17.5 Å². The van der Waals surface area contributed by atoms with Crippen molar-refractivity contribution in [3.8, 4) is 5.75 Å². The number of benzene rings is 1. The molecule has 0 amide bonds. The van der Waals surface area contributed by atoms with E-state index in [1.807, 2.05) is 11.4 Å². The van der Waals surface area contributed by atoms with Crippen molar-refractivity contribution < 1.29 is 9.84 Å². The molecule has 0 unspecified atom stereocenters. The first-order valence-electron chi connectivity index (χ1n) is 4.20. The smallest absolute Gasteiger partial charge is 0.137 e. The Kier molecular flexibility index (Phi) is 2.31. The van der Waals surface area contributed by atoms with Crippen LogP contribution in [0, 0.1) is 0 Å². The van der Waals surface area contributed by atoms with Crippen LogP contribution in [-0.4, -0.2) is 12.2 Å². The predicted molar refractivity (Wildman–Crippen MR) is 58.7 cm³/mol. The van der Waals surface area contributed by atoms with Crippen molar-refractivity contribution >= 4 is 27.1 Å². The zero-order valence-corrected chi connectivity index (χ0v) is 8.60. The standard InChI is InChI=1S/C10H11NO2S/c1-13-9-5-14-10-6(4-12)2-7(11)3-8(9)10/h2-3,5,12H,4,11H2,1H3. The van der Waals surface area contributed by atoms with Gasteiger partial charge in [-0.15, -0.1) is 11.3 Å². The number of ether oxygens (including phenoxy) is 1. The van der Waals surface area contributed by atoms with E-state index in [0.717, 1.165) is 21.4 Å². The Hall–Kier alpha value is -1.26. The molecule has 3 N–H and O–H groups in total. The Morgan fingerprint density at radius 2 is 2.29 bits per heavy atom. The van der Waals surface area contributed by atoms with E-state index >= 15 is 0 Å². The number of thiophene rings is 1. The molecule has 1 heterocycles. The highest BCUT2D eigenvalue weighted by molar-refractivity contribution is 7.17. The molecule has 1 aromatic heterocycles. The van der Waals surface area contributed by atoms with Crippen molar-refractivity contribution in [2.75, 3.05) is 12.8 Å². The minimum Gasteiger partial charge on any atom is -0.495 e. The minimum absolute atomic E-state index is 0.00517. The van der Waals surface area contributed by atoms with Gasteiger partial charge in [-0.25, -0.2) is 0 Å². The Morgan fingerprint density at radius 1 is 1.50 bits per heavy atom. The summed E-state index contributed by atoms with van der Waals surface area (Å²) in [6.45, 7) is 0.00517. The van der Waals surface area contributed by atoms with Crippen LogP contribution in [-0.2, 0) is 6.61 Å². The van der Waals surface area contributed by atoms with Gasteiger partial charge in [0.1, 0.15) is 5.75 Å². The van der Waals surface area contributed by atoms with Gasteiger partial charge in [-0.05, 0) is 17.7 Å². The van der Waals surface area contributed by atoms with Gasteiger partial charge in [0.2, 0.25) is 0 Å². The number of fused-ring (bicyclic) bond motifs is 1. The highest BCUT2D eigenvalue weighted by Crippen LogP contribution is 2.35. The third kappa shape index (κ3) is 1.32. The maximum atomic E-state index is 9.15. The van der Waals surface area contributed by atoms with Crippen molar-refractivity contribution in [3.63, 3.8) is 0 Å². The molecule has 0 bridgehead atoms. The maximum absolute atomic E-state index is 9.15. The summed E-state index contributed by atoms with van der Waals surface area (Å²) in [7, 11) is 1.63. The summed E-state index contributed by atoms with van der Waals surface area (Å²) in [6, 6.07) is 3.65. The van der Waals surface area contributed by atoms with Gasteiger partial charge in [0.05, 0.1) is 13.7 Å². The summed E-state index contributed by atoms with van der Waals surface area (Å²) in [5.74, 6) is 0.812. The molecular formula is C10H11NO2S. The average Bonchev–Trinajstić information content (AvgIpc) is 2.59. The monoisotopic (exact) mass is 209 g/mol. The number of methoxy groups -OCH3 is 1. The number of rotatable bonds is 2. The molecule has 0 aliphatic rings. The van der Waals surface area contributed by atoms with E-state index in [1.54, 1.807) is 24.5 Å². The number of nitrogen functional groups attached to an aromatic ring is 1. The molecule has 74 valence electrons. The number of nitrogens with two attached hydrogens (primary N) is 1. The molecule has 0 spiro atoms. The fraction of sp³-hybridized carbons (Fsp3) is 0.200. The van der Waals surface area contributed by atoms with Gasteiger partial charge in [-0.2, -0.15) is 0 Å². The second-order valence-corrected chi connectivity index (χ2v) is 3.90. The molecular weight excluding hydrogens is 198 g/mol. The molecule has 14 heavy (non-hydrogen) atoms. The van der Waals surface area contributed by atoms with Crippen LogP contribution in [0.2, 0.25) is 0 Å². The topological polar surface area (TPSA) is 55.5 Å². The first-order valence-corrected chi connectivity index (χ1v) is 5.08. The molecule has 0 radical (unpaired) electrons. The Balaban J connectivity index is 2.76. The van der Waals surface area contributed by atoms with Gasteiger partial charge < -0.3 is 15.6 Å². The Labute approximate surface area is 85.7 Å². The average molecular weight is 209 g/mol. The molecule has 0 aliphatic carbocycles. The van der Waals surface area contributed by atoms with Gasteiger partial charge in [0, 0.05) is 21.2 Å². The van der Waals surface area contributed by atoms with E-state index in [4.69, 9.17) is 15.6 Å². The molecule has 0 saturated heterocycles. The highest BCUT2D eigenvalue weighted by atomic mass is 32.1. The van der Waals surface area contributed by atoms with E-state index < -0.39 is 0 Å². The fourth-order valence-electron chi connectivity index (χ4n) is 1.49. The minimum atomic E-state index is 0.00517. The maximum Gasteiger partial charge on any atom is 0.137 e. The summed E-state index contributed by atoms with van der Waals surface area (Å²) in [5, 5.41) is 12.0. The fourth-order valence-corrected chi connectivity index (χ4v) is 2.50. The van der Waals surface area contributed by atoms with Gasteiger partial charge in [0.15, 0.2) is 0 Å². The number of anilines is 1. The van der Waals surface area contributed by atoms with E-state index in [-0.39, 0.29) is 6.61 Å². The molecule has 0 aliphatic heterocycles. The summed E-state index contributed by atoms with van der Waals surface area (Å²) in [4.78, 5) is 0. The normalized spacial score (nSPS) is 10.7. The van der Waals surface area contributed by atoms with Gasteiger partial charge in [0.25, 0.3) is 0 Å². The summed E-state index contributed by atoms with van der Waals surface area (Å²) >= 11 is 1.56. The number of hydrogen-bond donors (Lipinski definition) is 2. The van der Waals surface area contributed by atoms with Gasteiger partial charge in [-0.3, -0.25) is 0 Å². The lowest BCUT2D eigenvalue weighted by atomic mass is 10.1. The molecule has 2 aromatic rings. The van der Waals surface area contributed by atoms with Crippen LogP contribution >= 0.6 is 11.3 Å². The van der Waals surface area contributed by atoms with Crippen molar-refractivity contribution in [2.45, 2.75) is 6.61 Å². The lowest BCUT2D eigenvalue weighted by Crippen LogP contribution is -1.90. The summed E-state index contributed by atoms with van der Waals surface area (Å²) < 4.78 is 6.24. The zero-order valence-electron chi connectivity index (χ0n) is 7.78. The van der Waals surface area contributed by atoms with Gasteiger partial charge >= 0.3 is 0 Å². The second-order valence-electron chi connectivity index (χ2n) is 3.02. The lowest BCUT2D eigenvalue weighted by molar-refractivity contribution is 0.283. The van der Waals surface area contributed by atoms with Crippen LogP contribution in [0.25, 0.3) is 10.1 Å². The number of aliphatic hydroxyl groups excluding tert-OH is 1. The second kappa shape index (κ2) is 3.48. The van der Waals surface area contributed by atoms with E-state index in [1.165, 1.54) is 0 Å². The predicted octanol–water partition coefficient (Wildman–Crippen LogP) is 1.98. The molecule has 0 fully saturated rings. The van der Waals surface area contributed by atoms with Crippen LogP contribution in [0.1, 0.15) is 5.56 Å².